The van der Waals surface area contributed by atoms with Crippen LogP contribution in [0.1, 0.15) is 57.8 Å². The smallest absolute Gasteiger partial charge is 0.223 e. The highest BCUT2D eigenvalue weighted by atomic mass is 35.5. The lowest BCUT2D eigenvalue weighted by molar-refractivity contribution is -0.123. The molecule has 0 aromatic rings. The molecule has 3 rings (SSSR count). The molecule has 0 aromatic heterocycles. The van der Waals surface area contributed by atoms with Gasteiger partial charge in [-0.25, -0.2) is 0 Å². The Morgan fingerprint density at radius 2 is 1.91 bits per heavy atom. The fourth-order valence-electron chi connectivity index (χ4n) is 4.08. The van der Waals surface area contributed by atoms with Crippen molar-refractivity contribution in [2.24, 2.45) is 11.3 Å². The molecule has 2 saturated carbocycles. The Kier molecular flexibility index (Phi) is 6.97. The van der Waals surface area contributed by atoms with Crippen molar-refractivity contribution in [3.8, 4) is 0 Å². The molecule has 0 bridgehead atoms. The van der Waals surface area contributed by atoms with E-state index in [0.717, 1.165) is 39.1 Å². The maximum Gasteiger partial charge on any atom is 0.223 e. The third-order valence-electron chi connectivity index (χ3n) is 5.63. The second-order valence-electron chi connectivity index (χ2n) is 7.14. The Morgan fingerprint density at radius 3 is 2.64 bits per heavy atom. The van der Waals surface area contributed by atoms with Gasteiger partial charge in [0.1, 0.15) is 0 Å². The zero-order valence-electron chi connectivity index (χ0n) is 13.6. The summed E-state index contributed by atoms with van der Waals surface area (Å²) in [6.45, 7) is 3.74. The number of nitrogens with one attached hydrogen (secondary N) is 2. The summed E-state index contributed by atoms with van der Waals surface area (Å²) in [4.78, 5) is 12.2. The number of amides is 1. The van der Waals surface area contributed by atoms with Gasteiger partial charge in [0.2, 0.25) is 5.91 Å². The van der Waals surface area contributed by atoms with Gasteiger partial charge in [-0.1, -0.05) is 19.3 Å². The van der Waals surface area contributed by atoms with Gasteiger partial charge in [-0.05, 0) is 57.0 Å². The van der Waals surface area contributed by atoms with E-state index in [2.05, 4.69) is 10.6 Å². The lowest BCUT2D eigenvalue weighted by Crippen LogP contribution is -2.34. The van der Waals surface area contributed by atoms with Crippen molar-refractivity contribution in [3.63, 3.8) is 0 Å². The van der Waals surface area contributed by atoms with E-state index >= 15 is 0 Å². The van der Waals surface area contributed by atoms with Gasteiger partial charge in [-0.15, -0.1) is 12.4 Å². The van der Waals surface area contributed by atoms with E-state index in [1.54, 1.807) is 0 Å². The number of carbonyl (C=O) groups is 1. The molecule has 3 aliphatic rings. The standard InChI is InChI=1S/C17H30N2O2.ClH/c20-16(15-13-17(15)7-10-18-11-8-17)19-9-4-12-21-14-5-2-1-3-6-14;/h14-15,18H,1-13H2,(H,19,20);1H. The Bertz CT molecular complexity index is 353. The van der Waals surface area contributed by atoms with Crippen LogP contribution in [0, 0.1) is 11.3 Å². The van der Waals surface area contributed by atoms with Gasteiger partial charge in [0.25, 0.3) is 0 Å². The molecule has 128 valence electrons. The summed E-state index contributed by atoms with van der Waals surface area (Å²) in [7, 11) is 0. The molecule has 2 aliphatic carbocycles. The maximum atomic E-state index is 12.2. The first-order valence-electron chi connectivity index (χ1n) is 8.90. The summed E-state index contributed by atoms with van der Waals surface area (Å²) in [6.07, 6.45) is 11.4. The average molecular weight is 331 g/mol. The molecule has 5 heteroatoms. The quantitative estimate of drug-likeness (QED) is 0.736. The second-order valence-corrected chi connectivity index (χ2v) is 7.14. The van der Waals surface area contributed by atoms with Crippen LogP contribution in [-0.2, 0) is 9.53 Å². The fourth-order valence-corrected chi connectivity index (χ4v) is 4.08. The van der Waals surface area contributed by atoms with E-state index in [1.807, 2.05) is 0 Å². The predicted molar refractivity (Wildman–Crippen MR) is 90.3 cm³/mol. The zero-order valence-corrected chi connectivity index (χ0v) is 14.4. The normalized spacial score (nSPS) is 27.2. The molecule has 1 amide bonds. The van der Waals surface area contributed by atoms with E-state index in [0.29, 0.717) is 17.4 Å². The van der Waals surface area contributed by atoms with Crippen molar-refractivity contribution in [1.29, 1.82) is 0 Å². The van der Waals surface area contributed by atoms with E-state index in [1.165, 1.54) is 44.9 Å². The largest absolute Gasteiger partial charge is 0.378 e. The summed E-state index contributed by atoms with van der Waals surface area (Å²) in [5.74, 6) is 0.577. The monoisotopic (exact) mass is 330 g/mol. The Morgan fingerprint density at radius 1 is 1.18 bits per heavy atom. The van der Waals surface area contributed by atoms with Gasteiger partial charge in [-0.3, -0.25) is 4.79 Å². The van der Waals surface area contributed by atoms with Crippen LogP contribution in [0.4, 0.5) is 0 Å². The SMILES string of the molecule is Cl.O=C(NCCCOC1CCCCC1)C1CC12CCNCC2. The van der Waals surface area contributed by atoms with E-state index in [9.17, 15) is 4.79 Å². The van der Waals surface area contributed by atoms with Gasteiger partial charge in [0, 0.05) is 19.1 Å². The minimum absolute atomic E-state index is 0. The van der Waals surface area contributed by atoms with Crippen LogP contribution in [0.2, 0.25) is 0 Å². The Labute approximate surface area is 140 Å². The molecule has 3 fully saturated rings. The van der Waals surface area contributed by atoms with Crippen LogP contribution in [0.15, 0.2) is 0 Å². The van der Waals surface area contributed by atoms with Crippen molar-refractivity contribution in [2.75, 3.05) is 26.2 Å². The minimum atomic E-state index is 0. The lowest BCUT2D eigenvalue weighted by Gasteiger charge is -2.23. The molecule has 2 N–H and O–H groups in total. The van der Waals surface area contributed by atoms with Crippen molar-refractivity contribution in [2.45, 2.75) is 63.9 Å². The summed E-state index contributed by atoms with van der Waals surface area (Å²) >= 11 is 0. The summed E-state index contributed by atoms with van der Waals surface area (Å²) in [5.41, 5.74) is 0.355. The Balaban J connectivity index is 0.00000176. The summed E-state index contributed by atoms with van der Waals surface area (Å²) in [5, 5.41) is 6.50. The molecule has 1 unspecified atom stereocenters. The number of halogens is 1. The van der Waals surface area contributed by atoms with Crippen LogP contribution in [0.25, 0.3) is 0 Å². The highest BCUT2D eigenvalue weighted by Gasteiger charge is 2.57. The van der Waals surface area contributed by atoms with Gasteiger partial charge in [0.15, 0.2) is 0 Å². The highest BCUT2D eigenvalue weighted by Crippen LogP contribution is 2.58. The van der Waals surface area contributed by atoms with Crippen LogP contribution in [0.5, 0.6) is 0 Å². The predicted octanol–water partition coefficient (Wildman–Crippen LogP) is 2.65. The highest BCUT2D eigenvalue weighted by molar-refractivity contribution is 5.85. The third kappa shape index (κ3) is 4.59. The van der Waals surface area contributed by atoms with Gasteiger partial charge >= 0.3 is 0 Å². The maximum absolute atomic E-state index is 12.2. The number of ether oxygens (including phenoxy) is 1. The van der Waals surface area contributed by atoms with Gasteiger partial charge in [-0.2, -0.15) is 0 Å². The van der Waals surface area contributed by atoms with Crippen molar-refractivity contribution in [1.82, 2.24) is 10.6 Å². The molecular formula is C17H31ClN2O2. The summed E-state index contributed by atoms with van der Waals surface area (Å²) in [6, 6.07) is 0. The lowest BCUT2D eigenvalue weighted by atomic mass is 9.92. The van der Waals surface area contributed by atoms with Crippen LogP contribution < -0.4 is 10.6 Å². The molecule has 1 atom stereocenters. The van der Waals surface area contributed by atoms with Gasteiger partial charge < -0.3 is 15.4 Å². The third-order valence-corrected chi connectivity index (χ3v) is 5.63. The molecule has 22 heavy (non-hydrogen) atoms. The van der Waals surface area contributed by atoms with E-state index in [4.69, 9.17) is 4.74 Å². The molecule has 0 aromatic carbocycles. The molecule has 1 spiro atoms. The first kappa shape index (κ1) is 18.0. The minimum Gasteiger partial charge on any atom is -0.378 e. The number of piperidine rings is 1. The van der Waals surface area contributed by atoms with E-state index < -0.39 is 0 Å². The van der Waals surface area contributed by atoms with Gasteiger partial charge in [0.05, 0.1) is 6.10 Å². The fraction of sp³-hybridized carbons (Fsp3) is 0.941. The topological polar surface area (TPSA) is 50.4 Å². The first-order chi connectivity index (χ1) is 10.3. The van der Waals surface area contributed by atoms with Crippen molar-refractivity contribution < 1.29 is 9.53 Å². The number of rotatable bonds is 6. The number of hydrogen-bond donors (Lipinski definition) is 2. The van der Waals surface area contributed by atoms with Crippen LogP contribution in [-0.4, -0.2) is 38.3 Å². The molecule has 1 heterocycles. The molecular weight excluding hydrogens is 300 g/mol. The Hall–Kier alpha value is -0.320. The van der Waals surface area contributed by atoms with Crippen LogP contribution >= 0.6 is 12.4 Å². The van der Waals surface area contributed by atoms with Crippen molar-refractivity contribution >= 4 is 18.3 Å². The number of hydrogen-bond acceptors (Lipinski definition) is 3. The second kappa shape index (κ2) is 8.51. The molecule has 4 nitrogen and oxygen atoms in total. The zero-order chi connectivity index (χ0) is 14.5. The molecule has 1 aliphatic heterocycles. The average Bonchev–Trinajstić information content (AvgIpc) is 3.22. The van der Waals surface area contributed by atoms with Crippen LogP contribution in [0.3, 0.4) is 0 Å². The first-order valence-corrected chi connectivity index (χ1v) is 8.90. The van der Waals surface area contributed by atoms with E-state index in [-0.39, 0.29) is 18.3 Å². The number of carbonyl (C=O) groups excluding carboxylic acids is 1. The summed E-state index contributed by atoms with van der Waals surface area (Å²) < 4.78 is 5.89. The molecule has 1 saturated heterocycles. The molecule has 0 radical (unpaired) electrons. The van der Waals surface area contributed by atoms with Crippen molar-refractivity contribution in [3.05, 3.63) is 0 Å².